The zero-order chi connectivity index (χ0) is 9.80. The van der Waals surface area contributed by atoms with Crippen molar-refractivity contribution >= 4 is 5.95 Å². The van der Waals surface area contributed by atoms with Gasteiger partial charge in [0.2, 0.25) is 5.95 Å². The minimum absolute atomic E-state index is 0.484. The van der Waals surface area contributed by atoms with Crippen molar-refractivity contribution < 1.29 is 4.74 Å². The van der Waals surface area contributed by atoms with Crippen molar-refractivity contribution in [3.8, 4) is 0 Å². The smallest absolute Gasteiger partial charge is 0.222 e. The molecule has 1 aromatic rings. The summed E-state index contributed by atoms with van der Waals surface area (Å²) < 4.78 is 5.13. The molecule has 0 spiro atoms. The summed E-state index contributed by atoms with van der Waals surface area (Å²) in [5.74, 6) is 1.34. The third-order valence-corrected chi connectivity index (χ3v) is 2.68. The van der Waals surface area contributed by atoms with Crippen LogP contribution in [0.1, 0.15) is 12.8 Å². The highest BCUT2D eigenvalue weighted by Crippen LogP contribution is 2.29. The van der Waals surface area contributed by atoms with Crippen LogP contribution in [-0.4, -0.2) is 29.7 Å². The van der Waals surface area contributed by atoms with Gasteiger partial charge < -0.3 is 10.1 Å². The quantitative estimate of drug-likeness (QED) is 0.783. The van der Waals surface area contributed by atoms with Gasteiger partial charge in [0, 0.05) is 31.5 Å². The highest BCUT2D eigenvalue weighted by molar-refractivity contribution is 5.26. The minimum Gasteiger partial charge on any atom is -0.384 e. The third-order valence-electron chi connectivity index (χ3n) is 2.68. The molecule has 1 aliphatic carbocycles. The fourth-order valence-corrected chi connectivity index (χ4v) is 1.71. The van der Waals surface area contributed by atoms with Crippen LogP contribution in [0.4, 0.5) is 5.95 Å². The number of hydrogen-bond acceptors (Lipinski definition) is 4. The van der Waals surface area contributed by atoms with Gasteiger partial charge in [-0.25, -0.2) is 9.97 Å². The first-order chi connectivity index (χ1) is 6.90. The normalized spacial score (nSPS) is 25.5. The predicted octanol–water partition coefficient (Wildman–Crippen LogP) is 1.31. The predicted molar refractivity (Wildman–Crippen MR) is 54.0 cm³/mol. The molecule has 0 aromatic carbocycles. The second kappa shape index (κ2) is 4.37. The van der Waals surface area contributed by atoms with Crippen LogP contribution in [0.15, 0.2) is 18.5 Å². The second-order valence-corrected chi connectivity index (χ2v) is 3.62. The van der Waals surface area contributed by atoms with E-state index in [0.29, 0.717) is 12.0 Å². The number of nitrogens with one attached hydrogen (secondary N) is 1. The average Bonchev–Trinajstić information content (AvgIpc) is 2.23. The summed E-state index contributed by atoms with van der Waals surface area (Å²) in [4.78, 5) is 8.26. The van der Waals surface area contributed by atoms with Gasteiger partial charge in [0.1, 0.15) is 0 Å². The molecule has 1 fully saturated rings. The number of methoxy groups -OCH3 is 1. The van der Waals surface area contributed by atoms with Crippen LogP contribution in [-0.2, 0) is 4.74 Å². The van der Waals surface area contributed by atoms with Crippen molar-refractivity contribution in [2.45, 2.75) is 18.9 Å². The van der Waals surface area contributed by atoms with Gasteiger partial charge in [-0.1, -0.05) is 0 Å². The molecule has 0 aliphatic heterocycles. The van der Waals surface area contributed by atoms with Crippen LogP contribution in [0.3, 0.4) is 0 Å². The number of rotatable bonds is 4. The number of ether oxygens (including phenoxy) is 1. The van der Waals surface area contributed by atoms with Gasteiger partial charge in [-0.2, -0.15) is 0 Å². The Hall–Kier alpha value is -1.16. The number of anilines is 1. The highest BCUT2D eigenvalue weighted by Gasteiger charge is 2.30. The maximum absolute atomic E-state index is 5.13. The molecule has 4 nitrogen and oxygen atoms in total. The molecule has 1 aromatic heterocycles. The Morgan fingerprint density at radius 3 is 2.79 bits per heavy atom. The fraction of sp³-hybridized carbons (Fsp3) is 0.600. The van der Waals surface area contributed by atoms with E-state index in [0.717, 1.165) is 12.6 Å². The summed E-state index contributed by atoms with van der Waals surface area (Å²) in [6.07, 6.45) is 5.92. The van der Waals surface area contributed by atoms with Crippen molar-refractivity contribution in [3.05, 3.63) is 18.5 Å². The molecule has 1 N–H and O–H groups in total. The molecule has 2 rings (SSSR count). The average molecular weight is 193 g/mol. The van der Waals surface area contributed by atoms with Crippen LogP contribution >= 0.6 is 0 Å². The molecule has 0 unspecified atom stereocenters. The lowest BCUT2D eigenvalue weighted by molar-refractivity contribution is 0.101. The molecule has 0 radical (unpaired) electrons. The largest absolute Gasteiger partial charge is 0.384 e. The lowest BCUT2D eigenvalue weighted by atomic mass is 9.80. The maximum atomic E-state index is 5.13. The van der Waals surface area contributed by atoms with Crippen molar-refractivity contribution in [2.75, 3.05) is 19.0 Å². The summed E-state index contributed by atoms with van der Waals surface area (Å²) in [6, 6.07) is 2.30. The molecule has 14 heavy (non-hydrogen) atoms. The van der Waals surface area contributed by atoms with E-state index in [1.54, 1.807) is 19.5 Å². The molecule has 1 saturated carbocycles. The van der Waals surface area contributed by atoms with Crippen molar-refractivity contribution in [3.63, 3.8) is 0 Å². The van der Waals surface area contributed by atoms with E-state index in [4.69, 9.17) is 4.74 Å². The summed E-state index contributed by atoms with van der Waals surface area (Å²) in [7, 11) is 1.74. The van der Waals surface area contributed by atoms with Gasteiger partial charge in [-0.3, -0.25) is 0 Å². The number of aromatic nitrogens is 2. The Morgan fingerprint density at radius 2 is 2.21 bits per heavy atom. The summed E-state index contributed by atoms with van der Waals surface area (Å²) in [5, 5.41) is 3.31. The molecular weight excluding hydrogens is 178 g/mol. The molecule has 1 aliphatic rings. The Morgan fingerprint density at radius 1 is 1.43 bits per heavy atom. The SMILES string of the molecule is COC[C@H]1CC[C@H]1Nc1ncccn1. The summed E-state index contributed by atoms with van der Waals surface area (Å²) in [6.45, 7) is 0.824. The van der Waals surface area contributed by atoms with Crippen LogP contribution in [0.2, 0.25) is 0 Å². The van der Waals surface area contributed by atoms with E-state index >= 15 is 0 Å². The first kappa shape index (κ1) is 9.40. The first-order valence-corrected chi connectivity index (χ1v) is 4.92. The van der Waals surface area contributed by atoms with Crippen LogP contribution in [0, 0.1) is 5.92 Å². The maximum Gasteiger partial charge on any atom is 0.222 e. The zero-order valence-corrected chi connectivity index (χ0v) is 8.31. The molecule has 76 valence electrons. The Bertz CT molecular complexity index is 278. The Kier molecular flexibility index (Phi) is 2.93. The van der Waals surface area contributed by atoms with Gasteiger partial charge in [-0.15, -0.1) is 0 Å². The zero-order valence-electron chi connectivity index (χ0n) is 8.31. The summed E-state index contributed by atoms with van der Waals surface area (Å²) >= 11 is 0. The number of hydrogen-bond donors (Lipinski definition) is 1. The third kappa shape index (κ3) is 2.01. The van der Waals surface area contributed by atoms with Crippen molar-refractivity contribution in [1.82, 2.24) is 9.97 Å². The Labute approximate surface area is 83.7 Å². The highest BCUT2D eigenvalue weighted by atomic mass is 16.5. The minimum atomic E-state index is 0.484. The molecule has 1 heterocycles. The number of nitrogens with zero attached hydrogens (tertiary/aromatic N) is 2. The van der Waals surface area contributed by atoms with E-state index < -0.39 is 0 Å². The summed E-state index contributed by atoms with van der Waals surface area (Å²) in [5.41, 5.74) is 0. The lowest BCUT2D eigenvalue weighted by Crippen LogP contribution is -2.41. The molecular formula is C10H15N3O. The van der Waals surface area contributed by atoms with E-state index in [2.05, 4.69) is 15.3 Å². The standard InChI is InChI=1S/C10H15N3O/c1-14-7-8-3-4-9(8)13-10-11-5-2-6-12-10/h2,5-6,8-9H,3-4,7H2,1H3,(H,11,12,13)/t8-,9-/m1/s1. The van der Waals surface area contributed by atoms with Gasteiger partial charge in [-0.05, 0) is 18.9 Å². The van der Waals surface area contributed by atoms with E-state index in [1.165, 1.54) is 12.8 Å². The van der Waals surface area contributed by atoms with Gasteiger partial charge >= 0.3 is 0 Å². The van der Waals surface area contributed by atoms with Crippen LogP contribution in [0.25, 0.3) is 0 Å². The van der Waals surface area contributed by atoms with Gasteiger partial charge in [0.15, 0.2) is 0 Å². The first-order valence-electron chi connectivity index (χ1n) is 4.92. The van der Waals surface area contributed by atoms with Crippen molar-refractivity contribution in [2.24, 2.45) is 5.92 Å². The monoisotopic (exact) mass is 193 g/mol. The van der Waals surface area contributed by atoms with Crippen LogP contribution < -0.4 is 5.32 Å². The second-order valence-electron chi connectivity index (χ2n) is 3.62. The topological polar surface area (TPSA) is 47.0 Å². The Balaban J connectivity index is 1.86. The molecule has 0 amide bonds. The molecule has 0 bridgehead atoms. The van der Waals surface area contributed by atoms with Gasteiger partial charge in [0.25, 0.3) is 0 Å². The lowest BCUT2D eigenvalue weighted by Gasteiger charge is -2.36. The molecule has 0 saturated heterocycles. The van der Waals surface area contributed by atoms with E-state index in [1.807, 2.05) is 6.07 Å². The van der Waals surface area contributed by atoms with E-state index in [-0.39, 0.29) is 0 Å². The van der Waals surface area contributed by atoms with Crippen molar-refractivity contribution in [1.29, 1.82) is 0 Å². The van der Waals surface area contributed by atoms with Crippen LogP contribution in [0.5, 0.6) is 0 Å². The molecule has 2 atom stereocenters. The molecule has 4 heteroatoms. The van der Waals surface area contributed by atoms with Gasteiger partial charge in [0.05, 0.1) is 6.61 Å². The fourth-order valence-electron chi connectivity index (χ4n) is 1.71. The van der Waals surface area contributed by atoms with E-state index in [9.17, 15) is 0 Å².